The van der Waals surface area contributed by atoms with Gasteiger partial charge in [0.15, 0.2) is 0 Å². The summed E-state index contributed by atoms with van der Waals surface area (Å²) in [6, 6.07) is 35.7. The van der Waals surface area contributed by atoms with Crippen LogP contribution in [0.5, 0.6) is 0 Å². The van der Waals surface area contributed by atoms with Crippen molar-refractivity contribution in [3.05, 3.63) is 156 Å². The van der Waals surface area contributed by atoms with Crippen LogP contribution in [-0.4, -0.2) is 29.9 Å². The van der Waals surface area contributed by atoms with Crippen molar-refractivity contribution in [2.24, 2.45) is 0 Å². The zero-order chi connectivity index (χ0) is 32.7. The van der Waals surface area contributed by atoms with Gasteiger partial charge < -0.3 is 9.97 Å². The molecule has 2 N–H and O–H groups in total. The van der Waals surface area contributed by atoms with E-state index in [2.05, 4.69) is 136 Å². The molecule has 5 aromatic heterocycles. The van der Waals surface area contributed by atoms with Crippen molar-refractivity contribution < 1.29 is 0 Å². The molecule has 6 nitrogen and oxygen atoms in total. The lowest BCUT2D eigenvalue weighted by molar-refractivity contribution is 1.28. The molecule has 0 unspecified atom stereocenters. The molecule has 0 fully saturated rings. The van der Waals surface area contributed by atoms with Gasteiger partial charge in [0.05, 0.1) is 22.8 Å². The molecule has 232 valence electrons. The molecule has 0 spiro atoms. The molecule has 49 heavy (non-hydrogen) atoms. The van der Waals surface area contributed by atoms with E-state index in [1.165, 1.54) is 5.56 Å². The zero-order valence-corrected chi connectivity index (χ0v) is 26.7. The van der Waals surface area contributed by atoms with Crippen molar-refractivity contribution in [3.63, 3.8) is 0 Å². The highest BCUT2D eigenvalue weighted by Crippen LogP contribution is 2.38. The highest BCUT2D eigenvalue weighted by atomic mass is 14.8. The van der Waals surface area contributed by atoms with E-state index in [0.717, 1.165) is 89.4 Å². The van der Waals surface area contributed by atoms with Gasteiger partial charge in [0, 0.05) is 80.2 Å². The number of aryl methyl sites for hydroxylation is 1. The molecule has 8 bridgehead atoms. The van der Waals surface area contributed by atoms with Crippen LogP contribution in [0.3, 0.4) is 0 Å². The van der Waals surface area contributed by atoms with Crippen LogP contribution in [0.25, 0.3) is 90.9 Å². The maximum Gasteiger partial charge on any atom is 0.0737 e. The predicted octanol–water partition coefficient (Wildman–Crippen LogP) is 10.4. The van der Waals surface area contributed by atoms with E-state index >= 15 is 0 Å². The molecular formula is C43H30N6. The first-order valence-corrected chi connectivity index (χ1v) is 16.3. The second-order valence-electron chi connectivity index (χ2n) is 12.2. The summed E-state index contributed by atoms with van der Waals surface area (Å²) in [6.07, 6.45) is 15.8. The Balaban J connectivity index is 1.48. The number of hydrogen-bond donors (Lipinski definition) is 2. The van der Waals surface area contributed by atoms with Crippen molar-refractivity contribution in [1.29, 1.82) is 0 Å². The molecule has 9 rings (SSSR count). The smallest absolute Gasteiger partial charge is 0.0737 e. The van der Waals surface area contributed by atoms with Gasteiger partial charge in [-0.15, -0.1) is 0 Å². The highest BCUT2D eigenvalue weighted by Gasteiger charge is 2.18. The van der Waals surface area contributed by atoms with E-state index < -0.39 is 0 Å². The molecule has 6 heteroatoms. The third-order valence-electron chi connectivity index (χ3n) is 9.06. The molecule has 2 aliphatic rings. The number of benzene rings is 2. The Hall–Kier alpha value is -6.66. The Labute approximate surface area is 283 Å². The summed E-state index contributed by atoms with van der Waals surface area (Å²) in [7, 11) is 0. The Kier molecular flexibility index (Phi) is 6.91. The maximum atomic E-state index is 5.35. The summed E-state index contributed by atoms with van der Waals surface area (Å²) in [5.41, 5.74) is 16.6. The summed E-state index contributed by atoms with van der Waals surface area (Å²) >= 11 is 0. The van der Waals surface area contributed by atoms with Gasteiger partial charge in [0.1, 0.15) is 0 Å². The Bertz CT molecular complexity index is 2540. The Morgan fingerprint density at radius 1 is 0.388 bits per heavy atom. The summed E-state index contributed by atoms with van der Waals surface area (Å²) in [6.45, 7) is 2.11. The second-order valence-corrected chi connectivity index (χ2v) is 12.2. The van der Waals surface area contributed by atoms with Gasteiger partial charge in [-0.25, -0.2) is 9.97 Å². The van der Waals surface area contributed by atoms with Crippen molar-refractivity contribution >= 4 is 46.4 Å². The fraction of sp³-hybridized carbons (Fsp3) is 0.0233. The first kappa shape index (κ1) is 28.6. The van der Waals surface area contributed by atoms with Crippen molar-refractivity contribution in [3.8, 4) is 44.5 Å². The molecule has 0 saturated heterocycles. The highest BCUT2D eigenvalue weighted by molar-refractivity contribution is 5.99. The normalized spacial score (nSPS) is 12.0. The van der Waals surface area contributed by atoms with E-state index in [9.17, 15) is 0 Å². The van der Waals surface area contributed by atoms with Crippen LogP contribution >= 0.6 is 0 Å². The number of nitrogens with one attached hydrogen (secondary N) is 2. The summed E-state index contributed by atoms with van der Waals surface area (Å²) < 4.78 is 0. The molecule has 7 aromatic rings. The monoisotopic (exact) mass is 630 g/mol. The minimum atomic E-state index is 0.846. The molecule has 0 radical (unpaired) electrons. The van der Waals surface area contributed by atoms with E-state index in [-0.39, 0.29) is 0 Å². The third-order valence-corrected chi connectivity index (χ3v) is 9.06. The lowest BCUT2D eigenvalue weighted by atomic mass is 10.0. The molecule has 0 aliphatic carbocycles. The number of aromatic nitrogens is 6. The van der Waals surface area contributed by atoms with Gasteiger partial charge in [-0.2, -0.15) is 0 Å². The zero-order valence-electron chi connectivity index (χ0n) is 26.7. The SMILES string of the molecule is Cc1ccc(-c2c3nc(c(-c4ccccc4)c4ccc([nH]4)c(-c4cccnc4)c4nc(c(-c5cccnc5)c5ccc2[nH]5)C=C4)C=C3)cc1. The van der Waals surface area contributed by atoms with E-state index in [4.69, 9.17) is 9.97 Å². The lowest BCUT2D eigenvalue weighted by Crippen LogP contribution is -1.90. The number of nitrogens with zero attached hydrogens (tertiary/aromatic N) is 4. The van der Waals surface area contributed by atoms with Crippen LogP contribution in [0.15, 0.2) is 128 Å². The molecular weight excluding hydrogens is 601 g/mol. The summed E-state index contributed by atoms with van der Waals surface area (Å²) in [5, 5.41) is 0. The van der Waals surface area contributed by atoms with Crippen LogP contribution < -0.4 is 0 Å². The molecule has 0 atom stereocenters. The van der Waals surface area contributed by atoms with Crippen molar-refractivity contribution in [1.82, 2.24) is 29.9 Å². The van der Waals surface area contributed by atoms with Gasteiger partial charge in [-0.05, 0) is 78.8 Å². The quantitative estimate of drug-likeness (QED) is 0.203. The molecule has 0 saturated carbocycles. The van der Waals surface area contributed by atoms with E-state index in [1.807, 2.05) is 30.6 Å². The van der Waals surface area contributed by atoms with Crippen LogP contribution in [0.1, 0.15) is 28.3 Å². The second kappa shape index (κ2) is 11.9. The molecule has 0 amide bonds. The standard InChI is InChI=1S/C43H30N6/c1-27-11-13-29(14-12-27)41-34-16-15-32(46-34)40(28-7-3-2-4-8-28)33-17-19-36(47-33)42(30-9-5-23-44-25-30)38-21-22-39(49-38)43(31-10-6-24-45-26-31)37-20-18-35(41)48-37/h2-26,47-48H,1H3. The van der Waals surface area contributed by atoms with Crippen LogP contribution in [0, 0.1) is 6.92 Å². The van der Waals surface area contributed by atoms with Gasteiger partial charge in [0.2, 0.25) is 0 Å². The average Bonchev–Trinajstić information content (AvgIpc) is 3.98. The number of fused-ring (bicyclic) bond motifs is 8. The Morgan fingerprint density at radius 2 is 0.776 bits per heavy atom. The molecule has 7 heterocycles. The van der Waals surface area contributed by atoms with Crippen LogP contribution in [-0.2, 0) is 0 Å². The minimum absolute atomic E-state index is 0.846. The van der Waals surface area contributed by atoms with Gasteiger partial charge in [-0.3, -0.25) is 9.97 Å². The number of rotatable bonds is 4. The van der Waals surface area contributed by atoms with Gasteiger partial charge in [0.25, 0.3) is 0 Å². The van der Waals surface area contributed by atoms with E-state index in [1.54, 1.807) is 12.4 Å². The largest absolute Gasteiger partial charge is 0.354 e. The first-order chi connectivity index (χ1) is 24.2. The van der Waals surface area contributed by atoms with Crippen molar-refractivity contribution in [2.45, 2.75) is 6.92 Å². The fourth-order valence-corrected chi connectivity index (χ4v) is 6.77. The van der Waals surface area contributed by atoms with Crippen LogP contribution in [0.2, 0.25) is 0 Å². The topological polar surface area (TPSA) is 83.1 Å². The van der Waals surface area contributed by atoms with Crippen LogP contribution in [0.4, 0.5) is 0 Å². The minimum Gasteiger partial charge on any atom is -0.354 e. The van der Waals surface area contributed by atoms with Gasteiger partial charge >= 0.3 is 0 Å². The van der Waals surface area contributed by atoms with Gasteiger partial charge in [-0.1, -0.05) is 72.3 Å². The average molecular weight is 631 g/mol. The molecule has 2 aromatic carbocycles. The van der Waals surface area contributed by atoms with Crippen molar-refractivity contribution in [2.75, 3.05) is 0 Å². The Morgan fingerprint density at radius 3 is 1.18 bits per heavy atom. The summed E-state index contributed by atoms with van der Waals surface area (Å²) in [4.78, 5) is 27.1. The fourth-order valence-electron chi connectivity index (χ4n) is 6.77. The lowest BCUT2D eigenvalue weighted by Gasteiger charge is -2.07. The maximum absolute atomic E-state index is 5.35. The predicted molar refractivity (Wildman–Crippen MR) is 201 cm³/mol. The number of pyridine rings is 2. The summed E-state index contributed by atoms with van der Waals surface area (Å²) in [5.74, 6) is 0. The third kappa shape index (κ3) is 5.16. The molecule has 2 aliphatic heterocycles. The number of aromatic amines is 2. The van der Waals surface area contributed by atoms with E-state index in [0.29, 0.717) is 0 Å². The first-order valence-electron chi connectivity index (χ1n) is 16.3. The number of hydrogen-bond acceptors (Lipinski definition) is 4. The number of H-pyrrole nitrogens is 2.